The maximum atomic E-state index is 13.0. The van der Waals surface area contributed by atoms with Crippen molar-refractivity contribution < 1.29 is 14.3 Å². The topological polar surface area (TPSA) is 58.6 Å². The van der Waals surface area contributed by atoms with Crippen LogP contribution in [0, 0.1) is 3.57 Å². The minimum absolute atomic E-state index is 0.00734. The van der Waals surface area contributed by atoms with Crippen LogP contribution >= 0.6 is 34.2 Å². The fourth-order valence-electron chi connectivity index (χ4n) is 2.85. The Bertz CT molecular complexity index is 810. The molecule has 0 aliphatic rings. The second-order valence-electron chi connectivity index (χ2n) is 6.98. The monoisotopic (exact) mass is 528 g/mol. The number of amides is 2. The van der Waals surface area contributed by atoms with E-state index >= 15 is 0 Å². The molecule has 2 aromatic rings. The van der Waals surface area contributed by atoms with Gasteiger partial charge in [0, 0.05) is 21.2 Å². The van der Waals surface area contributed by atoms with Gasteiger partial charge < -0.3 is 15.0 Å². The van der Waals surface area contributed by atoms with Gasteiger partial charge in [-0.3, -0.25) is 9.59 Å². The third-order valence-electron chi connectivity index (χ3n) is 4.26. The van der Waals surface area contributed by atoms with E-state index in [2.05, 4.69) is 27.9 Å². The van der Waals surface area contributed by atoms with E-state index in [1.54, 1.807) is 17.0 Å². The lowest BCUT2D eigenvalue weighted by molar-refractivity contribution is -0.143. The molecular weight excluding hydrogens is 503 g/mol. The Morgan fingerprint density at radius 1 is 1.10 bits per heavy atom. The van der Waals surface area contributed by atoms with Crippen LogP contribution < -0.4 is 10.1 Å². The van der Waals surface area contributed by atoms with Crippen molar-refractivity contribution in [2.45, 2.75) is 45.8 Å². The normalized spacial score (nSPS) is 11.8. The van der Waals surface area contributed by atoms with Gasteiger partial charge in [-0.25, -0.2) is 0 Å². The van der Waals surface area contributed by atoms with Crippen LogP contribution in [0.1, 0.15) is 32.8 Å². The number of ether oxygens (including phenoxy) is 1. The van der Waals surface area contributed by atoms with E-state index < -0.39 is 6.04 Å². The molecule has 5 nitrogen and oxygen atoms in total. The lowest BCUT2D eigenvalue weighted by atomic mass is 10.1. The Morgan fingerprint density at radius 3 is 2.28 bits per heavy atom. The van der Waals surface area contributed by atoms with E-state index in [-0.39, 0.29) is 24.5 Å². The molecular formula is C22H26ClIN2O3. The molecule has 7 heteroatoms. The molecule has 2 aromatic carbocycles. The average molecular weight is 529 g/mol. The second kappa shape index (κ2) is 11.4. The summed E-state index contributed by atoms with van der Waals surface area (Å²) in [6.07, 6.45) is 0.501. The third-order valence-corrected chi connectivity index (χ3v) is 5.23. The summed E-state index contributed by atoms with van der Waals surface area (Å²) in [5, 5.41) is 3.53. The summed E-state index contributed by atoms with van der Waals surface area (Å²) in [5.41, 5.74) is 0.896. The first-order chi connectivity index (χ1) is 13.8. The summed E-state index contributed by atoms with van der Waals surface area (Å²) in [6, 6.07) is 14.1. The van der Waals surface area contributed by atoms with Gasteiger partial charge in [0.1, 0.15) is 11.8 Å². The minimum atomic E-state index is -0.583. The van der Waals surface area contributed by atoms with Gasteiger partial charge in [0.05, 0.1) is 0 Å². The first kappa shape index (κ1) is 23.5. The van der Waals surface area contributed by atoms with Crippen molar-refractivity contribution in [1.29, 1.82) is 0 Å². The maximum Gasteiger partial charge on any atom is 0.261 e. The molecule has 0 saturated heterocycles. The summed E-state index contributed by atoms with van der Waals surface area (Å²) >= 11 is 8.18. The van der Waals surface area contributed by atoms with Crippen molar-refractivity contribution in [2.75, 3.05) is 6.61 Å². The number of nitrogens with zero attached hydrogens (tertiary/aromatic N) is 1. The smallest absolute Gasteiger partial charge is 0.261 e. The summed E-state index contributed by atoms with van der Waals surface area (Å²) in [5.74, 6) is 0.202. The predicted octanol–water partition coefficient (Wildman–Crippen LogP) is 4.66. The van der Waals surface area contributed by atoms with Crippen molar-refractivity contribution in [3.05, 3.63) is 62.7 Å². The highest BCUT2D eigenvalue weighted by Crippen LogP contribution is 2.17. The van der Waals surface area contributed by atoms with Gasteiger partial charge in [0.2, 0.25) is 5.91 Å². The van der Waals surface area contributed by atoms with Crippen LogP contribution in [-0.2, 0) is 16.1 Å². The fourth-order valence-corrected chi connectivity index (χ4v) is 3.33. The Hall–Kier alpha value is -1.80. The minimum Gasteiger partial charge on any atom is -0.484 e. The van der Waals surface area contributed by atoms with E-state index in [1.807, 2.05) is 57.2 Å². The molecule has 0 bridgehead atoms. The molecule has 0 aliphatic carbocycles. The van der Waals surface area contributed by atoms with Crippen LogP contribution in [0.5, 0.6) is 5.75 Å². The maximum absolute atomic E-state index is 13.0. The van der Waals surface area contributed by atoms with Gasteiger partial charge in [-0.05, 0) is 84.8 Å². The number of nitrogens with one attached hydrogen (secondary N) is 1. The standard InChI is InChI=1S/C22H26ClIN2O3/c1-4-20(22(28)25-15(2)3)26(13-16-5-7-17(23)8-6-16)21(27)14-29-19-11-9-18(24)10-12-19/h5-12,15,20H,4,13-14H2,1-3H3,(H,25,28)/t20-/m1/s1. The number of hydrogen-bond donors (Lipinski definition) is 1. The van der Waals surface area contributed by atoms with Crippen LogP contribution in [0.25, 0.3) is 0 Å². The van der Waals surface area contributed by atoms with Gasteiger partial charge in [-0.2, -0.15) is 0 Å². The summed E-state index contributed by atoms with van der Waals surface area (Å²) in [4.78, 5) is 27.3. The number of halogens is 2. The van der Waals surface area contributed by atoms with Crippen LogP contribution in [-0.4, -0.2) is 35.4 Å². The molecule has 1 atom stereocenters. The summed E-state index contributed by atoms with van der Waals surface area (Å²) in [6.45, 7) is 5.86. The Balaban J connectivity index is 2.18. The van der Waals surface area contributed by atoms with E-state index in [4.69, 9.17) is 16.3 Å². The molecule has 156 valence electrons. The lowest BCUT2D eigenvalue weighted by Gasteiger charge is -2.31. The number of carbonyl (C=O) groups is 2. The SMILES string of the molecule is CC[C@H](C(=O)NC(C)C)N(Cc1ccc(Cl)cc1)C(=O)COc1ccc(I)cc1. The van der Waals surface area contributed by atoms with Gasteiger partial charge in [0.15, 0.2) is 6.61 Å². The largest absolute Gasteiger partial charge is 0.484 e. The van der Waals surface area contributed by atoms with Crippen molar-refractivity contribution in [3.8, 4) is 5.75 Å². The molecule has 0 spiro atoms. The second-order valence-corrected chi connectivity index (χ2v) is 8.66. The molecule has 0 unspecified atom stereocenters. The Kier molecular flexibility index (Phi) is 9.23. The van der Waals surface area contributed by atoms with Gasteiger partial charge in [-0.15, -0.1) is 0 Å². The van der Waals surface area contributed by atoms with Gasteiger partial charge in [-0.1, -0.05) is 30.7 Å². The highest BCUT2D eigenvalue weighted by Gasteiger charge is 2.29. The highest BCUT2D eigenvalue weighted by molar-refractivity contribution is 14.1. The van der Waals surface area contributed by atoms with Crippen molar-refractivity contribution in [3.63, 3.8) is 0 Å². The van der Waals surface area contributed by atoms with Crippen molar-refractivity contribution >= 4 is 46.0 Å². The average Bonchev–Trinajstić information content (AvgIpc) is 2.68. The molecule has 0 aromatic heterocycles. The number of rotatable bonds is 9. The van der Waals surface area contributed by atoms with E-state index in [9.17, 15) is 9.59 Å². The zero-order valence-corrected chi connectivity index (χ0v) is 19.7. The van der Waals surface area contributed by atoms with Crippen LogP contribution in [0.3, 0.4) is 0 Å². The first-order valence-corrected chi connectivity index (χ1v) is 11.0. The number of carbonyl (C=O) groups excluding carboxylic acids is 2. The molecule has 29 heavy (non-hydrogen) atoms. The molecule has 1 N–H and O–H groups in total. The summed E-state index contributed by atoms with van der Waals surface area (Å²) < 4.78 is 6.75. The Labute approximate surface area is 190 Å². The van der Waals surface area contributed by atoms with Crippen LogP contribution in [0.2, 0.25) is 5.02 Å². The molecule has 0 radical (unpaired) electrons. The van der Waals surface area contributed by atoms with Crippen molar-refractivity contribution in [1.82, 2.24) is 10.2 Å². The fraction of sp³-hybridized carbons (Fsp3) is 0.364. The highest BCUT2D eigenvalue weighted by atomic mass is 127. The lowest BCUT2D eigenvalue weighted by Crippen LogP contribution is -2.51. The van der Waals surface area contributed by atoms with Crippen LogP contribution in [0.15, 0.2) is 48.5 Å². The van der Waals surface area contributed by atoms with Crippen molar-refractivity contribution in [2.24, 2.45) is 0 Å². The number of hydrogen-bond acceptors (Lipinski definition) is 3. The molecule has 0 heterocycles. The first-order valence-electron chi connectivity index (χ1n) is 9.52. The van der Waals surface area contributed by atoms with Gasteiger partial charge in [0.25, 0.3) is 5.91 Å². The molecule has 2 rings (SSSR count). The van der Waals surface area contributed by atoms with E-state index in [0.29, 0.717) is 23.7 Å². The van der Waals surface area contributed by atoms with Gasteiger partial charge >= 0.3 is 0 Å². The van der Waals surface area contributed by atoms with E-state index in [0.717, 1.165) is 9.13 Å². The molecule has 0 saturated carbocycles. The molecule has 0 aliphatic heterocycles. The zero-order valence-electron chi connectivity index (χ0n) is 16.8. The Morgan fingerprint density at radius 2 is 1.72 bits per heavy atom. The molecule has 2 amide bonds. The number of benzene rings is 2. The predicted molar refractivity (Wildman–Crippen MR) is 124 cm³/mol. The van der Waals surface area contributed by atoms with E-state index in [1.165, 1.54) is 0 Å². The summed E-state index contributed by atoms with van der Waals surface area (Å²) in [7, 11) is 0. The van der Waals surface area contributed by atoms with Crippen LogP contribution in [0.4, 0.5) is 0 Å². The molecule has 0 fully saturated rings. The quantitative estimate of drug-likeness (QED) is 0.482. The third kappa shape index (κ3) is 7.51. The zero-order chi connectivity index (χ0) is 21.4.